The molecule has 7 unspecified atom stereocenters. The van der Waals surface area contributed by atoms with Crippen LogP contribution in [-0.2, 0) is 95.3 Å². The first-order valence-corrected chi connectivity index (χ1v) is 54.8. The topological polar surface area (TPSA) is 364 Å². The number of rotatable bonds is 35. The molecule has 5 heterocycles. The smallest absolute Gasteiger partial charge is 0.311 e. The fourth-order valence-electron chi connectivity index (χ4n) is 24.6. The standard InChI is InChI=1S/5C25H38O5/c5*1-6-25(4,5)24(28)30-21-12-15(2)11-17-8-7-16(3)20(23(17)21)10-9-19-13-18(26)14-22(27)29-19/h5*7-8,11,15-16,18-21,23,26H,6,9-10,12-14H2,1-5H3/t5*15-,16-,18+,19?,20-,21-,23-/m00000/s1/i1D3,4D3,5D3,6D2,26D;1D3,4D3,6D2,26D;4D3,14D2,26D;4D3,5D3,26D;14D2,26D/tm;2*15-,16-,18+,19?,20-,21-,23-,25?;2m. The molecule has 37 atom stereocenters. The largest absolute Gasteiger partial charge is 0.462 e. The molecule has 5 N–H and O–H groups in total. The first-order chi connectivity index (χ1) is 86.1. The van der Waals surface area contributed by atoms with Crippen molar-refractivity contribution in [3.05, 3.63) is 119 Å². The lowest BCUT2D eigenvalue weighted by molar-refractivity contribution is -0.166. The van der Waals surface area contributed by atoms with Crippen LogP contribution >= 0.6 is 0 Å². The Morgan fingerprint density at radius 1 is 0.313 bits per heavy atom. The number of esters is 10. The van der Waals surface area contributed by atoms with Crippen LogP contribution in [0.1, 0.15) is 409 Å². The van der Waals surface area contributed by atoms with Gasteiger partial charge in [0.05, 0.1) is 89.6 Å². The van der Waals surface area contributed by atoms with Crippen molar-refractivity contribution in [2.45, 2.75) is 457 Å². The highest BCUT2D eigenvalue weighted by atomic mass is 16.6. The number of carbonyl (C=O) groups excluding carboxylic acids is 10. The van der Waals surface area contributed by atoms with Crippen LogP contribution in [0.5, 0.6) is 0 Å². The summed E-state index contributed by atoms with van der Waals surface area (Å²) in [6.45, 7) is 4.40. The number of cyclic esters (lactones) is 5. The summed E-state index contributed by atoms with van der Waals surface area (Å²) in [6.07, 6.45) is 19.1. The summed E-state index contributed by atoms with van der Waals surface area (Å²) >= 11 is 0. The SMILES string of the molecule is [2H]O[C@@H]1CC(CC[C@@H]2[C@@H]3C(=C[C@H](C)C[C@@H]3OC(=O)C(C)(C)CC)C=C[C@@H]2C)OC(=O)C1([2H])[2H].[2H]O[C@@H]1CC(CC[C@@H]2[C@@H]3C(=C[C@H](C)C[C@@H]3OC(=O)C(C)(CC)C([2H])([2H])[2H])C=C[C@@H]2C)OC(=O)C1([2H])[2H].[2H]O[C@H]1CC(=O)OC(CC[C@@H]2[C@@H]3C(=C[C@H](C)C[C@@H]3OC(=O)C(C([2H])([2H])[2H])(C([2H])([2H])[2H])C([2H])([2H])C([2H])([2H])[2H])C=C[C@@H]2C)C1.[2H]O[C@H]1CC(=O)OC(CC[C@@H]2[C@@H]3C(=C[C@H](C)C[C@@H]3OC(=O)C(C)(C([2H])([2H])[2H])C([2H])([2H])C([2H])([2H])[2H])C=C[C@@H]2C)C1.[2H]O[C@H]1CC(=O)OC(CC[C@@H]2[C@@H]3C(=C[C@H](C)C[C@@H]3OC(=O)C(CC)(C([2H])([2H])[2H])C([2H])([2H])[2H])C=C[C@@H]2C)C1. The van der Waals surface area contributed by atoms with Crippen molar-refractivity contribution in [3.63, 3.8) is 0 Å². The first-order valence-electron chi connectivity index (χ1n) is 72.8. The summed E-state index contributed by atoms with van der Waals surface area (Å²) in [5.41, 5.74) is -6.75. The maximum absolute atomic E-state index is 13.8. The molecule has 15 rings (SSSR count). The van der Waals surface area contributed by atoms with E-state index in [1.807, 2.05) is 98.8 Å². The van der Waals surface area contributed by atoms with E-state index < -0.39 is 253 Å². The molecule has 0 amide bonds. The number of hydrogen-bond acceptors (Lipinski definition) is 25. The van der Waals surface area contributed by atoms with Gasteiger partial charge in [-0.15, -0.1) is 0 Å². The van der Waals surface area contributed by atoms with Crippen LogP contribution in [0.2, 0.25) is 0 Å². The van der Waals surface area contributed by atoms with Gasteiger partial charge in [-0.1, -0.05) is 195 Å². The van der Waals surface area contributed by atoms with Gasteiger partial charge in [-0.2, -0.15) is 0 Å². The number of carbonyl (C=O) groups is 10. The molecule has 5 aliphatic heterocycles. The third-order valence-corrected chi connectivity index (χ3v) is 33.7. The Bertz CT molecular complexity index is 6390. The third kappa shape index (κ3) is 32.8. The van der Waals surface area contributed by atoms with Crippen LogP contribution in [0.15, 0.2) is 119 Å². The minimum atomic E-state index is -4.01. The molecule has 15 aliphatic rings. The van der Waals surface area contributed by atoms with Gasteiger partial charge in [-0.3, -0.25) is 47.9 Å². The molecule has 0 radical (unpaired) electrons. The van der Waals surface area contributed by atoms with E-state index in [0.29, 0.717) is 109 Å². The number of hydrogen-bond donors (Lipinski definition) is 5. The zero-order chi connectivity index (χ0) is 141. The molecule has 0 aromatic heterocycles. The van der Waals surface area contributed by atoms with E-state index in [9.17, 15) is 47.9 Å². The Morgan fingerprint density at radius 3 is 0.773 bits per heavy atom. The summed E-state index contributed by atoms with van der Waals surface area (Å²) in [7, 11) is 0. The number of ether oxygens (including phenoxy) is 10. The lowest BCUT2D eigenvalue weighted by atomic mass is 9.65. The molecule has 0 saturated carbocycles. The molecule has 0 bridgehead atoms. The number of fused-ring (bicyclic) bond motifs is 5. The van der Waals surface area contributed by atoms with Gasteiger partial charge in [0.15, 0.2) is 0 Å². The lowest BCUT2D eigenvalue weighted by Gasteiger charge is -2.44. The number of aliphatic hydroxyl groups is 5. The average Bonchev–Trinajstić information content (AvgIpc) is 0.689. The van der Waals surface area contributed by atoms with Gasteiger partial charge in [0.2, 0.25) is 7.16 Å². The van der Waals surface area contributed by atoms with E-state index in [2.05, 4.69) is 108 Å². The van der Waals surface area contributed by atoms with Gasteiger partial charge in [0.25, 0.3) is 0 Å². The average molecular weight is 2130 g/mol. The van der Waals surface area contributed by atoms with E-state index in [-0.39, 0.29) is 170 Å². The van der Waals surface area contributed by atoms with Crippen LogP contribution in [-0.4, -0.2) is 184 Å². The summed E-state index contributed by atoms with van der Waals surface area (Å²) in [5, 5.41) is 22.9. The molecule has 5 fully saturated rings. The number of aliphatic hydroxyl groups excluding tert-OH is 5. The molecule has 10 aliphatic carbocycles. The highest BCUT2D eigenvalue weighted by Gasteiger charge is 2.52. The van der Waals surface area contributed by atoms with E-state index in [1.165, 1.54) is 19.4 Å². The van der Waals surface area contributed by atoms with Gasteiger partial charge >= 0.3 is 59.7 Å². The van der Waals surface area contributed by atoms with Gasteiger partial charge in [-0.25, -0.2) is 0 Å². The minimum Gasteiger partial charge on any atom is -0.462 e. The van der Waals surface area contributed by atoms with Gasteiger partial charge in [0, 0.05) is 106 Å². The lowest BCUT2D eigenvalue weighted by Crippen LogP contribution is -2.43. The Morgan fingerprint density at radius 2 is 0.533 bits per heavy atom. The molecule has 0 aromatic rings. The fourth-order valence-corrected chi connectivity index (χ4v) is 24.6. The van der Waals surface area contributed by atoms with Crippen LogP contribution in [0, 0.1) is 145 Å². The summed E-state index contributed by atoms with van der Waals surface area (Å²) in [6, 6.07) is 0. The number of allylic oxidation sites excluding steroid dienone is 15. The second-order valence-electron chi connectivity index (χ2n) is 46.7. The molecule has 840 valence electrons. The maximum Gasteiger partial charge on any atom is 0.311 e. The van der Waals surface area contributed by atoms with Crippen molar-refractivity contribution in [1.29, 1.82) is 7.16 Å². The van der Waals surface area contributed by atoms with Crippen molar-refractivity contribution in [2.75, 3.05) is 0 Å². The molecule has 150 heavy (non-hydrogen) atoms. The highest BCUT2D eigenvalue weighted by molar-refractivity contribution is 5.79. The Balaban J connectivity index is 0.000000217. The van der Waals surface area contributed by atoms with Gasteiger partial charge in [0.1, 0.15) is 61.0 Å². The van der Waals surface area contributed by atoms with Crippen LogP contribution < -0.4 is 0 Å². The zero-order valence-electron chi connectivity index (χ0n) is 127. The van der Waals surface area contributed by atoms with E-state index in [1.54, 1.807) is 6.92 Å². The monoisotopic (exact) mass is 2130 g/mol. The molecule has 25 heteroatoms. The quantitative estimate of drug-likeness (QED) is 0.0291. The van der Waals surface area contributed by atoms with Crippen molar-refractivity contribution >= 4 is 59.7 Å². The summed E-state index contributed by atoms with van der Waals surface area (Å²) in [5.74, 6) is -9.22. The minimum absolute atomic E-state index is 0.00546. The predicted molar refractivity (Wildman–Crippen MR) is 577 cm³/mol. The predicted octanol–water partition coefficient (Wildman–Crippen LogP) is 22.9. The second kappa shape index (κ2) is 53.6. The molecule has 0 aromatic carbocycles. The second-order valence-corrected chi connectivity index (χ2v) is 46.7. The zero-order valence-corrected chi connectivity index (χ0v) is 90.5. The molecular formula is C125H190O25. The normalized spacial score (nSPS) is 42.3. The van der Waals surface area contributed by atoms with Gasteiger partial charge in [-0.05, 0) is 314 Å². The van der Waals surface area contributed by atoms with E-state index in [0.717, 1.165) is 42.1 Å². The van der Waals surface area contributed by atoms with Crippen molar-refractivity contribution < 1.29 is 165 Å². The first kappa shape index (κ1) is 78.9. The molecule has 5 saturated heterocycles. The summed E-state index contributed by atoms with van der Waals surface area (Å²) < 4.78 is 346. The van der Waals surface area contributed by atoms with E-state index >= 15 is 0 Å². The van der Waals surface area contributed by atoms with Crippen LogP contribution in [0.3, 0.4) is 0 Å². The third-order valence-electron chi connectivity index (χ3n) is 33.7. The van der Waals surface area contributed by atoms with Crippen molar-refractivity contribution in [3.8, 4) is 0 Å². The fraction of sp³-hybridized carbons (Fsp3) is 0.760. The van der Waals surface area contributed by atoms with Crippen LogP contribution in [0.25, 0.3) is 0 Å². The van der Waals surface area contributed by atoms with Crippen molar-refractivity contribution in [1.82, 2.24) is 0 Å². The molecular weight excluding hydrogens is 1900 g/mol. The Labute approximate surface area is 949 Å². The molecule has 0 spiro atoms. The Hall–Kier alpha value is -8.10. The summed E-state index contributed by atoms with van der Waals surface area (Å²) in [4.78, 5) is 127. The van der Waals surface area contributed by atoms with Crippen molar-refractivity contribution in [2.24, 2.45) is 145 Å². The van der Waals surface area contributed by atoms with Gasteiger partial charge < -0.3 is 72.9 Å². The maximum atomic E-state index is 13.8. The van der Waals surface area contributed by atoms with Crippen LogP contribution in [0.4, 0.5) is 0 Å². The highest BCUT2D eigenvalue weighted by Crippen LogP contribution is 2.54. The van der Waals surface area contributed by atoms with E-state index in [4.69, 9.17) is 98.4 Å². The molecule has 25 nitrogen and oxygen atoms in total. The Kier molecular flexibility index (Phi) is 28.2.